The van der Waals surface area contributed by atoms with Crippen molar-refractivity contribution >= 4 is 5.91 Å². The first-order chi connectivity index (χ1) is 32.0. The van der Waals surface area contributed by atoms with Crippen LogP contribution in [0.25, 0.3) is 0 Å². The summed E-state index contributed by atoms with van der Waals surface area (Å²) in [5.41, 5.74) is 0. The van der Waals surface area contributed by atoms with Crippen molar-refractivity contribution in [3.63, 3.8) is 0 Å². The molecule has 0 spiro atoms. The average Bonchev–Trinajstić information content (AvgIpc) is 3.30. The number of carbonyl (C=O) groups excluding carboxylic acids is 1. The highest BCUT2D eigenvalue weighted by atomic mass is 16.3. The highest BCUT2D eigenvalue weighted by Crippen LogP contribution is 2.19. The quantitative estimate of drug-likeness (QED) is 0.0361. The topological polar surface area (TPSA) is 89.8 Å². The Morgan fingerprint density at radius 1 is 0.385 bits per heavy atom. The molecule has 5 heteroatoms. The summed E-state index contributed by atoms with van der Waals surface area (Å²) in [6.07, 6.45) is 69.9. The summed E-state index contributed by atoms with van der Waals surface area (Å²) in [6.45, 7) is 4.26. The zero-order valence-corrected chi connectivity index (χ0v) is 44.4. The molecule has 4 N–H and O–H groups in total. The second-order valence-corrected chi connectivity index (χ2v) is 21.0. The first-order valence-corrected chi connectivity index (χ1v) is 30.0. The molecule has 0 saturated heterocycles. The van der Waals surface area contributed by atoms with Crippen molar-refractivity contribution in [2.24, 2.45) is 0 Å². The van der Waals surface area contributed by atoms with Crippen LogP contribution in [0.3, 0.4) is 0 Å². The molecule has 0 aromatic rings. The molecule has 0 saturated carbocycles. The number of hydrogen-bond acceptors (Lipinski definition) is 4. The van der Waals surface area contributed by atoms with Gasteiger partial charge in [0.05, 0.1) is 31.3 Å². The minimum atomic E-state index is -0.926. The van der Waals surface area contributed by atoms with Gasteiger partial charge in [0.1, 0.15) is 0 Å². The van der Waals surface area contributed by atoms with E-state index in [2.05, 4.69) is 19.2 Å². The van der Waals surface area contributed by atoms with Gasteiger partial charge in [-0.15, -0.1) is 0 Å². The fraction of sp³-hybridized carbons (Fsp3) is 0.950. The van der Waals surface area contributed by atoms with E-state index in [1.165, 1.54) is 289 Å². The largest absolute Gasteiger partial charge is 0.394 e. The van der Waals surface area contributed by atoms with Gasteiger partial charge in [-0.2, -0.15) is 0 Å². The first kappa shape index (κ1) is 64.1. The van der Waals surface area contributed by atoms with Gasteiger partial charge in [-0.1, -0.05) is 328 Å². The Hall–Kier alpha value is -0.910. The van der Waals surface area contributed by atoms with E-state index in [0.717, 1.165) is 25.7 Å². The van der Waals surface area contributed by atoms with Crippen LogP contribution < -0.4 is 5.32 Å². The minimum Gasteiger partial charge on any atom is -0.394 e. The van der Waals surface area contributed by atoms with Gasteiger partial charge in [0.15, 0.2) is 0 Å². The first-order valence-electron chi connectivity index (χ1n) is 30.0. The van der Waals surface area contributed by atoms with Crippen LogP contribution in [-0.4, -0.2) is 46.1 Å². The van der Waals surface area contributed by atoms with Crippen LogP contribution in [0.1, 0.15) is 341 Å². The average molecular weight is 919 g/mol. The van der Waals surface area contributed by atoms with Crippen LogP contribution in [-0.2, 0) is 4.79 Å². The molecule has 0 aromatic carbocycles. The van der Waals surface area contributed by atoms with Crippen molar-refractivity contribution in [1.29, 1.82) is 0 Å². The van der Waals surface area contributed by atoms with Crippen LogP contribution in [0, 0.1) is 0 Å². The molecule has 0 rings (SSSR count). The van der Waals surface area contributed by atoms with Crippen molar-refractivity contribution in [3.05, 3.63) is 12.2 Å². The Balaban J connectivity index is 3.51. The summed E-state index contributed by atoms with van der Waals surface area (Å²) >= 11 is 0. The Morgan fingerprint density at radius 3 is 0.892 bits per heavy atom. The van der Waals surface area contributed by atoms with Crippen LogP contribution in [0.4, 0.5) is 0 Å². The molecule has 0 bridgehead atoms. The van der Waals surface area contributed by atoms with Crippen LogP contribution in [0.5, 0.6) is 0 Å². The Kier molecular flexibility index (Phi) is 54.9. The fourth-order valence-electron chi connectivity index (χ4n) is 9.76. The molecule has 0 aliphatic carbocycles. The van der Waals surface area contributed by atoms with Gasteiger partial charge in [0.25, 0.3) is 0 Å². The van der Waals surface area contributed by atoms with Gasteiger partial charge >= 0.3 is 0 Å². The van der Waals surface area contributed by atoms with Crippen LogP contribution in [0.15, 0.2) is 12.2 Å². The van der Waals surface area contributed by atoms with Gasteiger partial charge in [-0.25, -0.2) is 0 Å². The standard InChI is InChI=1S/C60H119NO4/c1-3-5-7-9-11-13-15-17-19-21-23-25-27-28-29-30-31-32-33-35-37-39-41-43-45-47-49-51-53-57(63)55-60(65)61-58(56-62)59(64)54-52-50-48-46-44-42-40-38-36-34-26-24-22-20-18-16-14-12-10-8-6-4-2/h52,54,57-59,62-64H,3-51,53,55-56H2,1-2H3,(H,61,65)/b54-52+. The van der Waals surface area contributed by atoms with Crippen LogP contribution >= 0.6 is 0 Å². The lowest BCUT2D eigenvalue weighted by molar-refractivity contribution is -0.124. The molecule has 0 aliphatic heterocycles. The molecule has 1 amide bonds. The van der Waals surface area contributed by atoms with E-state index in [0.29, 0.717) is 6.42 Å². The smallest absolute Gasteiger partial charge is 0.222 e. The molecule has 5 nitrogen and oxygen atoms in total. The van der Waals surface area contributed by atoms with Crippen molar-refractivity contribution in [2.45, 2.75) is 360 Å². The molecule has 0 radical (unpaired) electrons. The van der Waals surface area contributed by atoms with E-state index in [-0.39, 0.29) is 18.9 Å². The molecule has 388 valence electrons. The van der Waals surface area contributed by atoms with E-state index in [1.807, 2.05) is 6.08 Å². The minimum absolute atomic E-state index is 0.0197. The Morgan fingerprint density at radius 2 is 0.631 bits per heavy atom. The number of amides is 1. The number of hydrogen-bond donors (Lipinski definition) is 4. The monoisotopic (exact) mass is 918 g/mol. The fourth-order valence-corrected chi connectivity index (χ4v) is 9.76. The number of aliphatic hydroxyl groups is 3. The van der Waals surface area contributed by atoms with Crippen molar-refractivity contribution in [1.82, 2.24) is 5.32 Å². The summed E-state index contributed by atoms with van der Waals surface area (Å²) in [6, 6.07) is -0.741. The van der Waals surface area contributed by atoms with E-state index in [9.17, 15) is 20.1 Å². The van der Waals surface area contributed by atoms with Gasteiger partial charge in [-0.3, -0.25) is 4.79 Å². The second kappa shape index (κ2) is 55.7. The molecular formula is C60H119NO4. The zero-order valence-electron chi connectivity index (χ0n) is 44.4. The molecule has 0 aromatic heterocycles. The summed E-state index contributed by atoms with van der Waals surface area (Å²) in [4.78, 5) is 12.5. The summed E-state index contributed by atoms with van der Waals surface area (Å²) in [5, 5.41) is 33.5. The number of carbonyl (C=O) groups is 1. The maximum atomic E-state index is 12.5. The Labute approximate surface area is 408 Å². The van der Waals surface area contributed by atoms with Crippen molar-refractivity contribution < 1.29 is 20.1 Å². The molecule has 65 heavy (non-hydrogen) atoms. The number of aliphatic hydroxyl groups excluding tert-OH is 3. The normalized spacial score (nSPS) is 13.2. The SMILES string of the molecule is CCCCCCCCCCCCCCCCCCCCCC/C=C/C(O)C(CO)NC(=O)CC(O)CCCCCCCCCCCCCCCCCCCCCCCCCCCCCC. The highest BCUT2D eigenvalue weighted by molar-refractivity contribution is 5.76. The number of unbranched alkanes of at least 4 members (excludes halogenated alkanes) is 47. The predicted molar refractivity (Wildman–Crippen MR) is 287 cm³/mol. The van der Waals surface area contributed by atoms with Gasteiger partial charge in [0.2, 0.25) is 5.91 Å². The molecule has 3 atom stereocenters. The summed E-state index contributed by atoms with van der Waals surface area (Å²) < 4.78 is 0. The Bertz CT molecular complexity index is 925. The van der Waals surface area contributed by atoms with Crippen molar-refractivity contribution in [2.75, 3.05) is 6.61 Å². The molecule has 0 heterocycles. The second-order valence-electron chi connectivity index (χ2n) is 21.0. The van der Waals surface area contributed by atoms with Gasteiger partial charge in [-0.05, 0) is 19.3 Å². The lowest BCUT2D eigenvalue weighted by Gasteiger charge is -2.21. The molecule has 0 aliphatic rings. The lowest BCUT2D eigenvalue weighted by atomic mass is 10.0. The molecule has 3 unspecified atom stereocenters. The lowest BCUT2D eigenvalue weighted by Crippen LogP contribution is -2.45. The predicted octanol–water partition coefficient (Wildman–Crippen LogP) is 18.7. The van der Waals surface area contributed by atoms with Crippen molar-refractivity contribution in [3.8, 4) is 0 Å². The molecule has 0 fully saturated rings. The number of nitrogens with one attached hydrogen (secondary N) is 1. The summed E-state index contributed by atoms with van der Waals surface area (Å²) in [5.74, 6) is -0.307. The van der Waals surface area contributed by atoms with E-state index in [1.54, 1.807) is 6.08 Å². The van der Waals surface area contributed by atoms with Gasteiger partial charge < -0.3 is 20.6 Å². The van der Waals surface area contributed by atoms with E-state index >= 15 is 0 Å². The van der Waals surface area contributed by atoms with Crippen LogP contribution in [0.2, 0.25) is 0 Å². The number of rotatable bonds is 56. The van der Waals surface area contributed by atoms with E-state index in [4.69, 9.17) is 0 Å². The zero-order chi connectivity index (χ0) is 47.2. The maximum absolute atomic E-state index is 12.5. The maximum Gasteiger partial charge on any atom is 0.222 e. The third kappa shape index (κ3) is 52.3. The highest BCUT2D eigenvalue weighted by Gasteiger charge is 2.20. The van der Waals surface area contributed by atoms with Gasteiger partial charge in [0, 0.05) is 0 Å². The number of allylic oxidation sites excluding steroid dienone is 1. The van der Waals surface area contributed by atoms with E-state index < -0.39 is 18.2 Å². The third-order valence-electron chi connectivity index (χ3n) is 14.3. The molecular weight excluding hydrogens is 799 g/mol. The summed E-state index contributed by atoms with van der Waals surface area (Å²) in [7, 11) is 0. The third-order valence-corrected chi connectivity index (χ3v) is 14.3.